The number of nitrogens with one attached hydrogen (secondary N) is 1. The fourth-order valence-corrected chi connectivity index (χ4v) is 1.75. The van der Waals surface area contributed by atoms with Crippen molar-refractivity contribution in [2.24, 2.45) is 5.92 Å². The summed E-state index contributed by atoms with van der Waals surface area (Å²) in [6.07, 6.45) is -4.20. The van der Waals surface area contributed by atoms with Crippen LogP contribution in [0.3, 0.4) is 0 Å². The summed E-state index contributed by atoms with van der Waals surface area (Å²) in [5, 5.41) is 11.4. The van der Waals surface area contributed by atoms with E-state index in [2.05, 4.69) is 5.32 Å². The van der Waals surface area contributed by atoms with Gasteiger partial charge in [-0.05, 0) is 18.9 Å². The number of carbonyl (C=O) groups is 1. The first kappa shape index (κ1) is 13.2. The third kappa shape index (κ3) is 3.64. The first-order valence-electron chi connectivity index (χ1n) is 5.13. The maximum Gasteiger partial charge on any atom is 0.471 e. The normalized spacial score (nSPS) is 21.5. The van der Waals surface area contributed by atoms with Crippen molar-refractivity contribution in [3.8, 4) is 0 Å². The molecule has 0 bridgehead atoms. The number of halogens is 3. The molecule has 4 nitrogen and oxygen atoms in total. The van der Waals surface area contributed by atoms with Crippen LogP contribution in [-0.4, -0.2) is 54.9 Å². The highest BCUT2D eigenvalue weighted by molar-refractivity contribution is 5.82. The van der Waals surface area contributed by atoms with E-state index in [0.29, 0.717) is 19.5 Å². The average molecular weight is 240 g/mol. The monoisotopic (exact) mass is 240 g/mol. The molecule has 1 unspecified atom stereocenters. The average Bonchev–Trinajstić information content (AvgIpc) is 2.64. The van der Waals surface area contributed by atoms with Gasteiger partial charge in [0.25, 0.3) is 0 Å². The van der Waals surface area contributed by atoms with E-state index in [-0.39, 0.29) is 25.6 Å². The van der Waals surface area contributed by atoms with Gasteiger partial charge < -0.3 is 15.3 Å². The van der Waals surface area contributed by atoms with Crippen molar-refractivity contribution in [3.05, 3.63) is 0 Å². The first-order chi connectivity index (χ1) is 7.45. The summed E-state index contributed by atoms with van der Waals surface area (Å²) < 4.78 is 36.3. The van der Waals surface area contributed by atoms with E-state index in [1.165, 1.54) is 0 Å². The largest absolute Gasteiger partial charge is 0.471 e. The Labute approximate surface area is 91.4 Å². The number of hydrogen-bond donors (Lipinski definition) is 2. The smallest absolute Gasteiger partial charge is 0.395 e. The Morgan fingerprint density at radius 3 is 2.75 bits per heavy atom. The lowest BCUT2D eigenvalue weighted by Gasteiger charge is -2.18. The quantitative estimate of drug-likeness (QED) is 0.679. The Morgan fingerprint density at radius 2 is 2.19 bits per heavy atom. The van der Waals surface area contributed by atoms with Gasteiger partial charge in [-0.2, -0.15) is 13.2 Å². The SMILES string of the molecule is O=C(N1CCC(CNCCO)C1)C(F)(F)F. The number of amides is 1. The molecule has 0 aliphatic carbocycles. The summed E-state index contributed by atoms with van der Waals surface area (Å²) in [4.78, 5) is 11.7. The summed E-state index contributed by atoms with van der Waals surface area (Å²) in [6, 6.07) is 0. The molecule has 1 atom stereocenters. The van der Waals surface area contributed by atoms with Crippen LogP contribution in [0.5, 0.6) is 0 Å². The Morgan fingerprint density at radius 1 is 1.50 bits per heavy atom. The molecule has 7 heteroatoms. The van der Waals surface area contributed by atoms with Crippen molar-refractivity contribution in [1.82, 2.24) is 10.2 Å². The number of nitrogens with zero attached hydrogens (tertiary/aromatic N) is 1. The van der Waals surface area contributed by atoms with E-state index in [0.717, 1.165) is 4.90 Å². The van der Waals surface area contributed by atoms with Crippen LogP contribution < -0.4 is 5.32 Å². The molecule has 0 spiro atoms. The molecule has 2 N–H and O–H groups in total. The topological polar surface area (TPSA) is 52.6 Å². The van der Waals surface area contributed by atoms with E-state index in [1.54, 1.807) is 0 Å². The highest BCUT2D eigenvalue weighted by Crippen LogP contribution is 2.23. The minimum absolute atomic E-state index is 0.00207. The fourth-order valence-electron chi connectivity index (χ4n) is 1.75. The van der Waals surface area contributed by atoms with E-state index in [1.807, 2.05) is 0 Å². The van der Waals surface area contributed by atoms with Crippen LogP contribution >= 0.6 is 0 Å². The van der Waals surface area contributed by atoms with Crippen LogP contribution in [0, 0.1) is 5.92 Å². The Bertz CT molecular complexity index is 245. The second-order valence-corrected chi connectivity index (χ2v) is 3.83. The molecule has 1 aliphatic rings. The van der Waals surface area contributed by atoms with Gasteiger partial charge in [0.2, 0.25) is 0 Å². The van der Waals surface area contributed by atoms with Crippen LogP contribution in [-0.2, 0) is 4.79 Å². The van der Waals surface area contributed by atoms with Crippen LogP contribution in [0.4, 0.5) is 13.2 Å². The molecule has 1 fully saturated rings. The molecular weight excluding hydrogens is 225 g/mol. The molecule has 0 radical (unpaired) electrons. The molecule has 1 rings (SSSR count). The van der Waals surface area contributed by atoms with Gasteiger partial charge in [0.05, 0.1) is 6.61 Å². The minimum Gasteiger partial charge on any atom is -0.395 e. The van der Waals surface area contributed by atoms with Gasteiger partial charge >= 0.3 is 12.1 Å². The molecule has 16 heavy (non-hydrogen) atoms. The third-order valence-electron chi connectivity index (χ3n) is 2.54. The molecule has 94 valence electrons. The van der Waals surface area contributed by atoms with E-state index < -0.39 is 12.1 Å². The number of alkyl halides is 3. The summed E-state index contributed by atoms with van der Waals surface area (Å²) in [5.41, 5.74) is 0. The molecule has 1 amide bonds. The number of hydrogen-bond acceptors (Lipinski definition) is 3. The molecule has 0 saturated carbocycles. The zero-order valence-electron chi connectivity index (χ0n) is 8.76. The lowest BCUT2D eigenvalue weighted by molar-refractivity contribution is -0.184. The zero-order chi connectivity index (χ0) is 12.2. The van der Waals surface area contributed by atoms with Crippen molar-refractivity contribution in [3.63, 3.8) is 0 Å². The number of aliphatic hydroxyl groups excluding tert-OH is 1. The third-order valence-corrected chi connectivity index (χ3v) is 2.54. The van der Waals surface area contributed by atoms with Crippen molar-refractivity contribution in [1.29, 1.82) is 0 Å². The lowest BCUT2D eigenvalue weighted by Crippen LogP contribution is -2.40. The van der Waals surface area contributed by atoms with E-state index in [9.17, 15) is 18.0 Å². The van der Waals surface area contributed by atoms with Crippen molar-refractivity contribution < 1.29 is 23.1 Å². The van der Waals surface area contributed by atoms with E-state index >= 15 is 0 Å². The van der Waals surface area contributed by atoms with Gasteiger partial charge in [0, 0.05) is 19.6 Å². The van der Waals surface area contributed by atoms with Gasteiger partial charge in [-0.3, -0.25) is 4.79 Å². The zero-order valence-corrected chi connectivity index (χ0v) is 8.76. The molecular formula is C9H15F3N2O2. The van der Waals surface area contributed by atoms with Crippen molar-refractivity contribution in [2.45, 2.75) is 12.6 Å². The summed E-state index contributed by atoms with van der Waals surface area (Å²) in [5.74, 6) is -1.71. The maximum atomic E-state index is 12.1. The number of rotatable bonds is 4. The number of likely N-dealkylation sites (tertiary alicyclic amines) is 1. The van der Waals surface area contributed by atoms with E-state index in [4.69, 9.17) is 5.11 Å². The molecule has 0 aromatic heterocycles. The highest BCUT2D eigenvalue weighted by Gasteiger charge is 2.44. The predicted octanol–water partition coefficient (Wildman–Crippen LogP) is -0.0209. The van der Waals surface area contributed by atoms with Crippen LogP contribution in [0.25, 0.3) is 0 Å². The lowest BCUT2D eigenvalue weighted by atomic mass is 10.1. The van der Waals surface area contributed by atoms with Crippen molar-refractivity contribution >= 4 is 5.91 Å². The number of carbonyl (C=O) groups excluding carboxylic acids is 1. The van der Waals surface area contributed by atoms with Crippen LogP contribution in [0.15, 0.2) is 0 Å². The summed E-state index contributed by atoms with van der Waals surface area (Å²) in [6.45, 7) is 1.24. The van der Waals surface area contributed by atoms with Crippen LogP contribution in [0.1, 0.15) is 6.42 Å². The minimum atomic E-state index is -4.77. The van der Waals surface area contributed by atoms with Crippen LogP contribution in [0.2, 0.25) is 0 Å². The molecule has 1 aliphatic heterocycles. The van der Waals surface area contributed by atoms with Gasteiger partial charge in [-0.1, -0.05) is 0 Å². The maximum absolute atomic E-state index is 12.1. The molecule has 1 heterocycles. The second kappa shape index (κ2) is 5.49. The van der Waals surface area contributed by atoms with Gasteiger partial charge in [0.1, 0.15) is 0 Å². The Balaban J connectivity index is 2.32. The fraction of sp³-hybridized carbons (Fsp3) is 0.889. The van der Waals surface area contributed by atoms with Gasteiger partial charge in [-0.15, -0.1) is 0 Å². The second-order valence-electron chi connectivity index (χ2n) is 3.83. The Kier molecular flexibility index (Phi) is 4.55. The Hall–Kier alpha value is -0.820. The predicted molar refractivity (Wildman–Crippen MR) is 50.7 cm³/mol. The summed E-state index contributed by atoms with van der Waals surface area (Å²) >= 11 is 0. The highest BCUT2D eigenvalue weighted by atomic mass is 19.4. The van der Waals surface area contributed by atoms with Crippen molar-refractivity contribution in [2.75, 3.05) is 32.8 Å². The molecule has 0 aromatic carbocycles. The first-order valence-corrected chi connectivity index (χ1v) is 5.13. The molecule has 0 aromatic rings. The standard InChI is InChI=1S/C9H15F3N2O2/c10-9(11,12)8(16)14-3-1-7(6-14)5-13-2-4-15/h7,13,15H,1-6H2. The number of aliphatic hydroxyl groups is 1. The van der Waals surface area contributed by atoms with Gasteiger partial charge in [0.15, 0.2) is 0 Å². The summed E-state index contributed by atoms with van der Waals surface area (Å²) in [7, 11) is 0. The molecule has 1 saturated heterocycles. The van der Waals surface area contributed by atoms with Gasteiger partial charge in [-0.25, -0.2) is 0 Å².